The fourth-order valence-electron chi connectivity index (χ4n) is 2.64. The third-order valence-corrected chi connectivity index (χ3v) is 4.86. The molecule has 0 amide bonds. The van der Waals surface area contributed by atoms with Gasteiger partial charge in [0.1, 0.15) is 0 Å². The van der Waals surface area contributed by atoms with Crippen LogP contribution in [0.5, 0.6) is 0 Å². The minimum atomic E-state index is -4.26. The highest BCUT2D eigenvalue weighted by Gasteiger charge is 2.33. The summed E-state index contributed by atoms with van der Waals surface area (Å²) < 4.78 is 64.0. The van der Waals surface area contributed by atoms with E-state index in [-0.39, 0.29) is 12.3 Å². The summed E-state index contributed by atoms with van der Waals surface area (Å²) in [5.41, 5.74) is 0.651. The molecule has 0 aliphatic carbocycles. The second kappa shape index (κ2) is 6.97. The molecule has 0 saturated carbocycles. The Hall–Kier alpha value is -1.12. The molecule has 8 heteroatoms. The van der Waals surface area contributed by atoms with Crippen molar-refractivity contribution in [3.63, 3.8) is 0 Å². The van der Waals surface area contributed by atoms with E-state index < -0.39 is 28.8 Å². The van der Waals surface area contributed by atoms with E-state index in [4.69, 9.17) is 0 Å². The molecule has 0 spiro atoms. The van der Waals surface area contributed by atoms with Crippen molar-refractivity contribution in [3.05, 3.63) is 35.9 Å². The average molecular weight is 336 g/mol. The minimum absolute atomic E-state index is 0.0908. The van der Waals surface area contributed by atoms with Crippen molar-refractivity contribution in [3.8, 4) is 0 Å². The third kappa shape index (κ3) is 5.94. The summed E-state index contributed by atoms with van der Waals surface area (Å²) in [7, 11) is -3.56. The van der Waals surface area contributed by atoms with Crippen molar-refractivity contribution >= 4 is 10.0 Å². The third-order valence-electron chi connectivity index (χ3n) is 3.45. The molecule has 1 saturated heterocycles. The maximum absolute atomic E-state index is 12.4. The van der Waals surface area contributed by atoms with Crippen molar-refractivity contribution in [2.75, 3.05) is 19.6 Å². The fourth-order valence-corrected chi connectivity index (χ4v) is 4.05. The Morgan fingerprint density at radius 1 is 1.23 bits per heavy atom. The lowest BCUT2D eigenvalue weighted by Crippen LogP contribution is -2.50. The highest BCUT2D eigenvalue weighted by Crippen LogP contribution is 2.20. The number of piperidine rings is 1. The van der Waals surface area contributed by atoms with Gasteiger partial charge in [0.25, 0.3) is 0 Å². The van der Waals surface area contributed by atoms with Crippen LogP contribution in [0.3, 0.4) is 0 Å². The number of nitrogens with one attached hydrogen (secondary N) is 1. The van der Waals surface area contributed by atoms with Crippen LogP contribution >= 0.6 is 0 Å². The van der Waals surface area contributed by atoms with Gasteiger partial charge in [-0.2, -0.15) is 13.2 Å². The highest BCUT2D eigenvalue weighted by atomic mass is 32.2. The number of hydrogen-bond acceptors (Lipinski definition) is 3. The first-order chi connectivity index (χ1) is 10.2. The van der Waals surface area contributed by atoms with Crippen LogP contribution in [-0.2, 0) is 15.8 Å². The van der Waals surface area contributed by atoms with E-state index in [0.717, 1.165) is 0 Å². The van der Waals surface area contributed by atoms with Crippen LogP contribution in [0.25, 0.3) is 0 Å². The molecule has 2 rings (SSSR count). The highest BCUT2D eigenvalue weighted by molar-refractivity contribution is 7.88. The molecular weight excluding hydrogens is 317 g/mol. The molecule has 124 valence electrons. The summed E-state index contributed by atoms with van der Waals surface area (Å²) in [6.45, 7) is -0.562. The molecule has 0 aromatic heterocycles. The van der Waals surface area contributed by atoms with Crippen LogP contribution < -0.4 is 4.72 Å². The quantitative estimate of drug-likeness (QED) is 0.896. The van der Waals surface area contributed by atoms with Gasteiger partial charge in [0, 0.05) is 12.6 Å². The van der Waals surface area contributed by atoms with Crippen molar-refractivity contribution in [2.45, 2.75) is 30.8 Å². The van der Waals surface area contributed by atoms with Gasteiger partial charge in [0.05, 0.1) is 12.3 Å². The van der Waals surface area contributed by atoms with Gasteiger partial charge < -0.3 is 0 Å². The predicted molar refractivity (Wildman–Crippen MR) is 77.7 cm³/mol. The molecular formula is C14H19F3N2O2S. The van der Waals surface area contributed by atoms with Crippen LogP contribution in [0.2, 0.25) is 0 Å². The van der Waals surface area contributed by atoms with Gasteiger partial charge >= 0.3 is 6.18 Å². The van der Waals surface area contributed by atoms with Crippen LogP contribution in [-0.4, -0.2) is 45.2 Å². The van der Waals surface area contributed by atoms with Crippen molar-refractivity contribution in [2.24, 2.45) is 0 Å². The van der Waals surface area contributed by atoms with Crippen molar-refractivity contribution in [1.82, 2.24) is 9.62 Å². The number of nitrogens with zero attached hydrogens (tertiary/aromatic N) is 1. The predicted octanol–water partition coefficient (Wildman–Crippen LogP) is 2.13. The zero-order valence-corrected chi connectivity index (χ0v) is 12.8. The number of rotatable bonds is 5. The second-order valence-electron chi connectivity index (χ2n) is 5.55. The Labute approximate surface area is 128 Å². The summed E-state index contributed by atoms with van der Waals surface area (Å²) in [4.78, 5) is 1.25. The summed E-state index contributed by atoms with van der Waals surface area (Å²) in [5, 5.41) is 0. The van der Waals surface area contributed by atoms with Crippen LogP contribution in [0.4, 0.5) is 13.2 Å². The lowest BCUT2D eigenvalue weighted by molar-refractivity contribution is -0.148. The topological polar surface area (TPSA) is 49.4 Å². The number of sulfonamides is 1. The van der Waals surface area contributed by atoms with Crippen LogP contribution in [0.1, 0.15) is 18.4 Å². The van der Waals surface area contributed by atoms with Crippen LogP contribution in [0.15, 0.2) is 30.3 Å². The Kier molecular flexibility index (Phi) is 5.46. The summed E-state index contributed by atoms with van der Waals surface area (Å²) in [5.74, 6) is -0.163. The first kappa shape index (κ1) is 17.2. The molecule has 1 fully saturated rings. The monoisotopic (exact) mass is 336 g/mol. The molecule has 1 aliphatic heterocycles. The molecule has 1 N–H and O–H groups in total. The molecule has 1 aliphatic rings. The number of alkyl halides is 3. The van der Waals surface area contributed by atoms with Gasteiger partial charge in [-0.3, -0.25) is 4.90 Å². The molecule has 1 aromatic rings. The molecule has 0 radical (unpaired) electrons. The van der Waals surface area contributed by atoms with Crippen molar-refractivity contribution < 1.29 is 21.6 Å². The Morgan fingerprint density at radius 2 is 1.91 bits per heavy atom. The molecule has 0 bridgehead atoms. The summed E-state index contributed by atoms with van der Waals surface area (Å²) in [6.07, 6.45) is -3.15. The van der Waals surface area contributed by atoms with Crippen molar-refractivity contribution in [1.29, 1.82) is 0 Å². The number of halogens is 3. The second-order valence-corrected chi connectivity index (χ2v) is 7.31. The van der Waals surface area contributed by atoms with Gasteiger partial charge in [-0.1, -0.05) is 30.3 Å². The number of benzene rings is 1. The first-order valence-corrected chi connectivity index (χ1v) is 8.72. The lowest BCUT2D eigenvalue weighted by atomic mass is 10.1. The standard InChI is InChI=1S/C14H19F3N2O2S/c15-14(16,17)11-19-8-4-7-13(9-19)18-22(20,21)10-12-5-2-1-3-6-12/h1-3,5-6,13,18H,4,7-11H2. The van der Waals surface area contributed by atoms with E-state index in [1.54, 1.807) is 30.3 Å². The zero-order valence-electron chi connectivity index (χ0n) is 12.0. The normalized spacial score (nSPS) is 21.0. The number of hydrogen-bond donors (Lipinski definition) is 1. The molecule has 22 heavy (non-hydrogen) atoms. The van der Waals surface area contributed by atoms with Crippen LogP contribution in [0, 0.1) is 0 Å². The van der Waals surface area contributed by atoms with Gasteiger partial charge in [-0.15, -0.1) is 0 Å². The average Bonchev–Trinajstić information content (AvgIpc) is 2.36. The van der Waals surface area contributed by atoms with Gasteiger partial charge in [-0.25, -0.2) is 13.1 Å². The number of likely N-dealkylation sites (tertiary alicyclic amines) is 1. The Bertz CT molecular complexity index is 576. The Balaban J connectivity index is 1.91. The molecule has 1 heterocycles. The van der Waals surface area contributed by atoms with E-state index in [2.05, 4.69) is 4.72 Å². The smallest absolute Gasteiger partial charge is 0.293 e. The Morgan fingerprint density at radius 3 is 2.55 bits per heavy atom. The fraction of sp³-hybridized carbons (Fsp3) is 0.571. The van der Waals surface area contributed by atoms with Gasteiger partial charge in [0.2, 0.25) is 10.0 Å². The van der Waals surface area contributed by atoms with Gasteiger partial charge in [0.15, 0.2) is 0 Å². The molecule has 1 atom stereocenters. The summed E-state index contributed by atoms with van der Waals surface area (Å²) >= 11 is 0. The van der Waals surface area contributed by atoms with E-state index in [1.807, 2.05) is 0 Å². The maximum atomic E-state index is 12.4. The zero-order chi connectivity index (χ0) is 16.2. The van der Waals surface area contributed by atoms with E-state index in [1.165, 1.54) is 4.90 Å². The first-order valence-electron chi connectivity index (χ1n) is 7.06. The minimum Gasteiger partial charge on any atom is -0.293 e. The lowest BCUT2D eigenvalue weighted by Gasteiger charge is -2.33. The SMILES string of the molecule is O=S(=O)(Cc1ccccc1)NC1CCCN(CC(F)(F)F)C1. The maximum Gasteiger partial charge on any atom is 0.401 e. The summed E-state index contributed by atoms with van der Waals surface area (Å²) in [6, 6.07) is 8.23. The largest absolute Gasteiger partial charge is 0.401 e. The van der Waals surface area contributed by atoms with E-state index in [9.17, 15) is 21.6 Å². The molecule has 1 unspecified atom stereocenters. The molecule has 4 nitrogen and oxygen atoms in total. The van der Waals surface area contributed by atoms with Gasteiger partial charge in [-0.05, 0) is 24.9 Å². The van der Waals surface area contributed by atoms with E-state index in [0.29, 0.717) is 24.9 Å². The van der Waals surface area contributed by atoms with E-state index >= 15 is 0 Å². The molecule has 1 aromatic carbocycles.